The minimum absolute atomic E-state index is 0. The van der Waals surface area contributed by atoms with Gasteiger partial charge in [0.25, 0.3) is 0 Å². The van der Waals surface area contributed by atoms with Gasteiger partial charge in [0.15, 0.2) is 11.8 Å². The first kappa shape index (κ1) is 55.0. The lowest BCUT2D eigenvalue weighted by atomic mass is 10.4. The summed E-state index contributed by atoms with van der Waals surface area (Å²) in [5.41, 5.74) is 2.01. The Labute approximate surface area is 226 Å². The van der Waals surface area contributed by atoms with Crippen LogP contribution in [0.3, 0.4) is 0 Å². The van der Waals surface area contributed by atoms with Crippen molar-refractivity contribution in [3.05, 3.63) is 34.7 Å². The maximum atomic E-state index is 7.62. The summed E-state index contributed by atoms with van der Waals surface area (Å²) in [6.45, 7) is 23.3. The lowest BCUT2D eigenvalue weighted by Crippen LogP contribution is -1.96. The van der Waals surface area contributed by atoms with Crippen molar-refractivity contribution in [3.8, 4) is 0 Å². The molecule has 0 unspecified atom stereocenters. The highest BCUT2D eigenvalue weighted by Gasteiger charge is 2.01. The number of methoxy groups -OCH3 is 2. The number of hydrogen-bond donors (Lipinski definition) is 1. The molecule has 0 aliphatic heterocycles. The monoisotopic (exact) mass is 526 g/mol. The lowest BCUT2D eigenvalue weighted by molar-refractivity contribution is -0.247. The first-order valence-corrected chi connectivity index (χ1v) is 11.4. The van der Waals surface area contributed by atoms with Crippen molar-refractivity contribution in [3.63, 3.8) is 0 Å². The third kappa shape index (κ3) is 34.4. The molecule has 0 saturated heterocycles. The van der Waals surface area contributed by atoms with E-state index >= 15 is 0 Å². The summed E-state index contributed by atoms with van der Waals surface area (Å²) in [4.78, 5) is 12.0. The zero-order chi connectivity index (χ0) is 25.9. The van der Waals surface area contributed by atoms with Gasteiger partial charge in [-0.25, -0.2) is 14.9 Å². The molecule has 0 aliphatic rings. The number of rotatable bonds is 6. The van der Waals surface area contributed by atoms with Crippen LogP contribution in [-0.2, 0) is 27.2 Å². The summed E-state index contributed by atoms with van der Waals surface area (Å²) in [7, 11) is 3.22. The molecule has 0 saturated carbocycles. The fourth-order valence-corrected chi connectivity index (χ4v) is 1.50. The molecule has 2 aromatic heterocycles. The van der Waals surface area contributed by atoms with Gasteiger partial charge in [0, 0.05) is 33.7 Å². The number of ether oxygens (including phenoxy) is 2. The van der Waals surface area contributed by atoms with Gasteiger partial charge in [-0.2, -0.15) is 0 Å². The molecule has 0 atom stereocenters. The summed E-state index contributed by atoms with van der Waals surface area (Å²) in [5, 5.41) is 7.62. The van der Waals surface area contributed by atoms with Crippen molar-refractivity contribution in [2.24, 2.45) is 0 Å². The van der Waals surface area contributed by atoms with Crippen LogP contribution >= 0.6 is 0 Å². The van der Waals surface area contributed by atoms with Crippen LogP contribution in [0.15, 0.2) is 8.83 Å². The zero-order valence-corrected chi connectivity index (χ0v) is 22.9. The minimum Gasteiger partial charge on any atom is -0.446 e. The van der Waals surface area contributed by atoms with E-state index in [-0.39, 0.29) is 36.3 Å². The number of hydrogen-bond acceptors (Lipinski definition) is 8. The van der Waals surface area contributed by atoms with Crippen LogP contribution in [0.25, 0.3) is 0 Å². The van der Waals surface area contributed by atoms with Crippen molar-refractivity contribution >= 4 is 0 Å². The van der Waals surface area contributed by atoms with Crippen molar-refractivity contribution in [2.45, 2.75) is 119 Å². The van der Waals surface area contributed by atoms with Gasteiger partial charge in [0.2, 0.25) is 0 Å². The molecule has 0 aliphatic carbocycles. The van der Waals surface area contributed by atoms with Crippen LogP contribution in [0, 0.1) is 27.7 Å². The average molecular weight is 527 g/mol. The molecular formula is C28H66N2O6. The van der Waals surface area contributed by atoms with E-state index in [2.05, 4.69) is 24.3 Å². The normalized spacial score (nSPS) is 7.72. The smallest absolute Gasteiger partial charge is 0.194 e. The second-order valence-corrected chi connectivity index (χ2v) is 5.61. The summed E-state index contributed by atoms with van der Waals surface area (Å²) in [6, 6.07) is 0. The van der Waals surface area contributed by atoms with Gasteiger partial charge < -0.3 is 18.3 Å². The van der Waals surface area contributed by atoms with E-state index in [1.54, 1.807) is 14.2 Å². The number of nitrogens with zero attached hydrogens (tertiary/aromatic N) is 2. The third-order valence-corrected chi connectivity index (χ3v) is 3.42. The SMILES string of the molecule is C.C.C.C.CC.CC.CCOC.CCc1nc(C)c(C)o1.CCc1nc(C)c(C)o1.COCCOO. The zero-order valence-electron chi connectivity index (χ0n) is 22.9. The lowest BCUT2D eigenvalue weighted by Gasteiger charge is -1.89. The van der Waals surface area contributed by atoms with E-state index in [1.165, 1.54) is 0 Å². The molecule has 0 amide bonds. The fraction of sp³-hybridized carbons (Fsp3) is 0.786. The van der Waals surface area contributed by atoms with Crippen molar-refractivity contribution < 1.29 is 28.5 Å². The molecule has 0 fully saturated rings. The second-order valence-electron chi connectivity index (χ2n) is 5.61. The first-order chi connectivity index (χ1) is 15.3. The minimum atomic E-state index is 0. The summed E-state index contributed by atoms with van der Waals surface area (Å²) in [5.74, 6) is 3.55. The van der Waals surface area contributed by atoms with Crippen LogP contribution in [0.5, 0.6) is 0 Å². The highest BCUT2D eigenvalue weighted by atomic mass is 17.1. The Morgan fingerprint density at radius 1 is 0.639 bits per heavy atom. The number of aryl methyl sites for hydroxylation is 6. The molecule has 2 rings (SSSR count). The van der Waals surface area contributed by atoms with Gasteiger partial charge in [-0.1, -0.05) is 71.2 Å². The van der Waals surface area contributed by atoms with Gasteiger partial charge in [-0.15, -0.1) is 0 Å². The Morgan fingerprint density at radius 3 is 1.03 bits per heavy atom. The van der Waals surface area contributed by atoms with E-state index in [0.29, 0.717) is 6.61 Å². The summed E-state index contributed by atoms with van der Waals surface area (Å²) in [6.07, 6.45) is 1.77. The van der Waals surface area contributed by atoms with Gasteiger partial charge in [-0.3, -0.25) is 5.26 Å². The molecule has 0 spiro atoms. The molecule has 36 heavy (non-hydrogen) atoms. The molecule has 1 N–H and O–H groups in total. The Kier molecular flexibility index (Phi) is 66.2. The highest BCUT2D eigenvalue weighted by molar-refractivity contribution is 5.05. The number of aromatic nitrogens is 2. The standard InChI is InChI=1S/2C7H11NO.C3H8O3.C3H8O.2C2H6.4CH4/c2*1-4-7-8-5(2)6(3)9-7;1-5-2-3-6-4;1-3-4-2;2*1-2;;;;/h2*4H2,1-3H3;4H,2-3H2,1H3;3H2,1-2H3;2*1-2H3;4*1H4. The Balaban J connectivity index is -0.0000000460. The average Bonchev–Trinajstić information content (AvgIpc) is 3.35. The molecular weight excluding hydrogens is 460 g/mol. The molecule has 0 aromatic carbocycles. The Hall–Kier alpha value is -1.74. The maximum Gasteiger partial charge on any atom is 0.194 e. The van der Waals surface area contributed by atoms with Crippen LogP contribution in [-0.4, -0.2) is 49.3 Å². The van der Waals surface area contributed by atoms with Crippen LogP contribution in [0.4, 0.5) is 0 Å². The predicted molar refractivity (Wildman–Crippen MR) is 158 cm³/mol. The summed E-state index contributed by atoms with van der Waals surface area (Å²) >= 11 is 0. The third-order valence-electron chi connectivity index (χ3n) is 3.42. The largest absolute Gasteiger partial charge is 0.446 e. The molecule has 2 aromatic rings. The topological polar surface area (TPSA) is 100.0 Å². The molecule has 0 bridgehead atoms. The Bertz CT molecular complexity index is 508. The van der Waals surface area contributed by atoms with E-state index < -0.39 is 0 Å². The van der Waals surface area contributed by atoms with E-state index in [0.717, 1.165) is 54.1 Å². The Morgan fingerprint density at radius 2 is 0.944 bits per heavy atom. The molecule has 0 radical (unpaired) electrons. The van der Waals surface area contributed by atoms with Gasteiger partial charge in [-0.05, 0) is 34.6 Å². The van der Waals surface area contributed by atoms with Crippen LogP contribution in [0.2, 0.25) is 0 Å². The van der Waals surface area contributed by atoms with Crippen molar-refractivity contribution in [1.29, 1.82) is 0 Å². The van der Waals surface area contributed by atoms with Crippen molar-refractivity contribution in [2.75, 3.05) is 34.0 Å². The van der Waals surface area contributed by atoms with E-state index in [4.69, 9.17) is 14.1 Å². The molecule has 224 valence electrons. The molecule has 8 nitrogen and oxygen atoms in total. The molecule has 2 heterocycles. The number of oxazole rings is 2. The van der Waals surface area contributed by atoms with Crippen LogP contribution in [0.1, 0.15) is 113 Å². The summed E-state index contributed by atoms with van der Waals surface area (Å²) < 4.78 is 19.5. The quantitative estimate of drug-likeness (QED) is 0.226. The maximum absolute atomic E-state index is 7.62. The van der Waals surface area contributed by atoms with Gasteiger partial charge in [0.1, 0.15) is 18.1 Å². The predicted octanol–water partition coefficient (Wildman–Crippen LogP) is 9.08. The van der Waals surface area contributed by atoms with Crippen molar-refractivity contribution in [1.82, 2.24) is 9.97 Å². The highest BCUT2D eigenvalue weighted by Crippen LogP contribution is 2.08. The van der Waals surface area contributed by atoms with E-state index in [9.17, 15) is 0 Å². The second kappa shape index (κ2) is 43.3. The van der Waals surface area contributed by atoms with Gasteiger partial charge >= 0.3 is 0 Å². The van der Waals surface area contributed by atoms with Crippen LogP contribution < -0.4 is 0 Å². The fourth-order valence-electron chi connectivity index (χ4n) is 1.50. The first-order valence-electron chi connectivity index (χ1n) is 11.4. The van der Waals surface area contributed by atoms with E-state index in [1.807, 2.05) is 76.2 Å². The van der Waals surface area contributed by atoms with Gasteiger partial charge in [0.05, 0.1) is 18.0 Å². The molecule has 8 heteroatoms.